The van der Waals surface area contributed by atoms with E-state index in [0.29, 0.717) is 12.3 Å². The number of pyridine rings is 2. The first-order chi connectivity index (χ1) is 49.9. The second-order valence-corrected chi connectivity index (χ2v) is 27.1. The molecule has 0 radical (unpaired) electrons. The van der Waals surface area contributed by atoms with Crippen molar-refractivity contribution in [2.75, 3.05) is 72.0 Å². The van der Waals surface area contributed by atoms with Gasteiger partial charge in [0.1, 0.15) is 17.4 Å². The molecule has 12 aromatic rings. The van der Waals surface area contributed by atoms with E-state index in [9.17, 15) is 4.79 Å². The van der Waals surface area contributed by atoms with Gasteiger partial charge in [-0.2, -0.15) is 0 Å². The number of imidazole rings is 2. The molecule has 13 heteroatoms. The van der Waals surface area contributed by atoms with Crippen LogP contribution in [0, 0.1) is 0 Å². The molecular formula is C88H92Cl2N10O. The van der Waals surface area contributed by atoms with Crippen LogP contribution in [0.2, 0.25) is 10.0 Å². The van der Waals surface area contributed by atoms with Crippen LogP contribution in [0.4, 0.5) is 0 Å². The third-order valence-electron chi connectivity index (χ3n) is 19.9. The molecule has 1 N–H and O–H groups in total. The van der Waals surface area contributed by atoms with Crippen molar-refractivity contribution in [1.82, 2.24) is 49.1 Å². The van der Waals surface area contributed by atoms with Crippen LogP contribution in [-0.4, -0.2) is 122 Å². The Balaban J connectivity index is 0.000000159. The maximum Gasteiger partial charge on any atom is 0.121 e. The van der Waals surface area contributed by atoms with Gasteiger partial charge in [-0.15, -0.1) is 0 Å². The number of halogens is 2. The van der Waals surface area contributed by atoms with Crippen LogP contribution in [0.3, 0.4) is 0 Å². The minimum atomic E-state index is -0.528. The summed E-state index contributed by atoms with van der Waals surface area (Å²) in [6.07, 6.45) is 20.7. The Hall–Kier alpha value is -9.43. The van der Waals surface area contributed by atoms with E-state index >= 15 is 0 Å². The van der Waals surface area contributed by atoms with E-state index in [2.05, 4.69) is 264 Å². The number of aryl methyl sites for hydroxylation is 2. The van der Waals surface area contributed by atoms with Gasteiger partial charge in [-0.1, -0.05) is 242 Å². The van der Waals surface area contributed by atoms with Gasteiger partial charge in [0.15, 0.2) is 0 Å². The zero-order chi connectivity index (χ0) is 69.2. The fourth-order valence-corrected chi connectivity index (χ4v) is 14.9. The average molecular weight is 1380 g/mol. The van der Waals surface area contributed by atoms with E-state index in [1.807, 2.05) is 79.6 Å². The summed E-state index contributed by atoms with van der Waals surface area (Å²) in [5.74, 6) is 0.599. The van der Waals surface area contributed by atoms with Crippen molar-refractivity contribution < 1.29 is 4.79 Å². The summed E-state index contributed by atoms with van der Waals surface area (Å²) in [6, 6.07) is 93.0. The Morgan fingerprint density at radius 3 is 1.06 bits per heavy atom. The van der Waals surface area contributed by atoms with Gasteiger partial charge >= 0.3 is 0 Å². The number of benzene rings is 8. The summed E-state index contributed by atoms with van der Waals surface area (Å²) < 4.78 is 4.54. The van der Waals surface area contributed by atoms with E-state index in [-0.39, 0.29) is 5.92 Å². The Morgan fingerprint density at radius 2 is 0.713 bits per heavy atom. The predicted octanol–water partition coefficient (Wildman–Crippen LogP) is 17.3. The van der Waals surface area contributed by atoms with Crippen LogP contribution in [0.25, 0.3) is 0 Å². The summed E-state index contributed by atoms with van der Waals surface area (Å²) in [6.45, 7) is 12.2. The number of nitrogens with one attached hydrogen (secondary N) is 1. The van der Waals surface area contributed by atoms with Crippen LogP contribution < -0.4 is 5.32 Å². The van der Waals surface area contributed by atoms with Gasteiger partial charge < -0.3 is 33.9 Å². The van der Waals surface area contributed by atoms with Crippen molar-refractivity contribution in [1.29, 1.82) is 0 Å². The highest BCUT2D eigenvalue weighted by molar-refractivity contribution is 6.30. The van der Waals surface area contributed by atoms with E-state index in [4.69, 9.17) is 33.2 Å². The molecule has 514 valence electrons. The summed E-state index contributed by atoms with van der Waals surface area (Å²) in [4.78, 5) is 37.4. The molecule has 101 heavy (non-hydrogen) atoms. The maximum absolute atomic E-state index is 10.7. The third kappa shape index (κ3) is 18.4. The molecule has 14 rings (SSSR count). The fourth-order valence-electron chi connectivity index (χ4n) is 14.7. The van der Waals surface area contributed by atoms with Crippen molar-refractivity contribution >= 4 is 29.5 Å². The molecule has 6 heterocycles. The van der Waals surface area contributed by atoms with Crippen molar-refractivity contribution in [2.45, 2.75) is 74.3 Å². The normalized spacial score (nSPS) is 14.4. The monoisotopic (exact) mass is 1370 g/mol. The van der Waals surface area contributed by atoms with Gasteiger partial charge in [0.05, 0.1) is 24.0 Å². The van der Waals surface area contributed by atoms with Crippen LogP contribution in [0.1, 0.15) is 118 Å². The highest BCUT2D eigenvalue weighted by atomic mass is 35.5. The molecule has 0 saturated carbocycles. The zero-order valence-corrected chi connectivity index (χ0v) is 59.2. The number of hydrogen-bond donors (Lipinski definition) is 1. The lowest BCUT2D eigenvalue weighted by molar-refractivity contribution is -0.107. The molecule has 0 spiro atoms. The van der Waals surface area contributed by atoms with E-state index < -0.39 is 11.1 Å². The lowest BCUT2D eigenvalue weighted by atomic mass is 9.77. The Morgan fingerprint density at radius 1 is 0.376 bits per heavy atom. The molecule has 0 bridgehead atoms. The number of piperazine rings is 2. The predicted molar refractivity (Wildman–Crippen MR) is 412 cm³/mol. The number of aromatic nitrogens is 6. The summed E-state index contributed by atoms with van der Waals surface area (Å²) in [7, 11) is 0. The number of aldehydes is 1. The largest absolute Gasteiger partial charge is 0.319 e. The molecule has 2 unspecified atom stereocenters. The van der Waals surface area contributed by atoms with Crippen LogP contribution >= 0.6 is 23.2 Å². The number of carbonyl (C=O) groups is 1. The second-order valence-electron chi connectivity index (χ2n) is 26.2. The number of carbonyl (C=O) groups excluding carboxylic acids is 1. The lowest BCUT2D eigenvalue weighted by Gasteiger charge is -2.37. The molecule has 0 amide bonds. The zero-order valence-electron chi connectivity index (χ0n) is 57.7. The maximum atomic E-state index is 10.7. The van der Waals surface area contributed by atoms with Crippen molar-refractivity contribution in [2.24, 2.45) is 0 Å². The van der Waals surface area contributed by atoms with Gasteiger partial charge in [0.2, 0.25) is 0 Å². The highest BCUT2D eigenvalue weighted by Gasteiger charge is 2.40. The quantitative estimate of drug-likeness (QED) is 0.0306. The SMILES string of the molecule is Clc1ccc(C(CCN2CCN(CCCCc3cn(C(c4ccccc4)(c4ccccc4)c4ccccc4)cn3)CC2)c2ccccn2)cc1.Clc1ccc(C(CCN2CCNCC2)c2ccccn2)cc1.O=CCCCc1cn(C(c2ccccc2)(c2ccccc2)c2ccccc2)cn1. The van der Waals surface area contributed by atoms with E-state index in [0.717, 1.165) is 150 Å². The summed E-state index contributed by atoms with van der Waals surface area (Å²) in [5.41, 5.74) is 13.1. The average Bonchev–Trinajstić information content (AvgIpc) is 1.74. The fraction of sp³-hybridized carbons (Fsp3) is 0.261. The highest BCUT2D eigenvalue weighted by Crippen LogP contribution is 2.43. The Bertz CT molecular complexity index is 4120. The minimum absolute atomic E-state index is 0.271. The first-order valence-electron chi connectivity index (χ1n) is 35.9. The van der Waals surface area contributed by atoms with E-state index in [1.165, 1.54) is 50.9 Å². The lowest BCUT2D eigenvalue weighted by Crippen LogP contribution is -2.46. The number of rotatable bonds is 27. The smallest absolute Gasteiger partial charge is 0.121 e. The van der Waals surface area contributed by atoms with Gasteiger partial charge in [-0.25, -0.2) is 9.97 Å². The number of nitrogens with zero attached hydrogens (tertiary/aromatic N) is 9. The molecule has 0 aliphatic carbocycles. The van der Waals surface area contributed by atoms with Gasteiger partial charge in [0.25, 0.3) is 0 Å². The van der Waals surface area contributed by atoms with Gasteiger partial charge in [-0.3, -0.25) is 9.97 Å². The number of unbranched alkanes of at least 4 members (excludes halogenated alkanes) is 2. The second kappa shape index (κ2) is 36.8. The Labute approximate surface area is 607 Å². The first kappa shape index (κ1) is 71.4. The van der Waals surface area contributed by atoms with Crippen LogP contribution in [0.5, 0.6) is 0 Å². The van der Waals surface area contributed by atoms with E-state index in [1.54, 1.807) is 0 Å². The van der Waals surface area contributed by atoms with Crippen LogP contribution in [-0.2, 0) is 28.7 Å². The van der Waals surface area contributed by atoms with Gasteiger partial charge in [0, 0.05) is 117 Å². The van der Waals surface area contributed by atoms with Crippen LogP contribution in [0.15, 0.2) is 304 Å². The van der Waals surface area contributed by atoms with Crippen molar-refractivity contribution in [3.8, 4) is 0 Å². The summed E-state index contributed by atoms with van der Waals surface area (Å²) >= 11 is 12.2. The van der Waals surface area contributed by atoms with Gasteiger partial charge in [-0.05, 0) is 158 Å². The molecular weight excluding hydrogens is 1280 g/mol. The molecule has 2 fully saturated rings. The van der Waals surface area contributed by atoms with Crippen molar-refractivity contribution in [3.63, 3.8) is 0 Å². The molecule has 2 aliphatic rings. The molecule has 2 atom stereocenters. The molecule has 4 aromatic heterocycles. The standard InChI is InChI=1S/C44H46ClN5.C26H24N2O.C18H22ClN3/c45-40-24-22-36(23-25-40)42(43-21-10-12-27-46-43)26-29-49-32-30-48(31-33-49)28-13-11-20-41-34-50(35-47-41)44(37-14-4-1-5-15-37,38-16-6-2-7-17-38)39-18-8-3-9-19-39;29-19-11-10-18-25-20-28(21-27-25)26(22-12-4-1-5-13-22,23-14-6-2-7-15-23)24-16-8-3-9-17-24;19-16-6-4-15(5-7-16)17(18-3-1-2-9-21-18)8-12-22-13-10-20-11-14-22/h1-10,12,14-19,21-25,27,34-35,42H,11,13,20,26,28-33H2;1-9,12-17,19-21H,10-11,18H2;1-7,9,17,20H,8,10-14H2. The molecule has 2 aliphatic heterocycles. The molecule has 11 nitrogen and oxygen atoms in total. The molecule has 8 aromatic carbocycles. The number of hydrogen-bond acceptors (Lipinski definition) is 9. The van der Waals surface area contributed by atoms with Crippen molar-refractivity contribution in [3.05, 3.63) is 382 Å². The molecule has 2 saturated heterocycles. The Kier molecular flexibility index (Phi) is 26.0. The minimum Gasteiger partial charge on any atom is -0.319 e. The first-order valence-corrected chi connectivity index (χ1v) is 36.7. The summed E-state index contributed by atoms with van der Waals surface area (Å²) in [5, 5.41) is 4.96. The third-order valence-corrected chi connectivity index (χ3v) is 20.4. The topological polar surface area (TPSA) is 100 Å².